The SMILES string of the molecule is CC1CCN(C(=O)Nc2ccc([N+](=O)[O-])cc2)CC1O. The first-order chi connectivity index (χ1) is 9.47. The number of rotatable bonds is 2. The highest BCUT2D eigenvalue weighted by atomic mass is 16.6. The fourth-order valence-electron chi connectivity index (χ4n) is 2.10. The summed E-state index contributed by atoms with van der Waals surface area (Å²) in [4.78, 5) is 23.6. The quantitative estimate of drug-likeness (QED) is 0.637. The molecule has 1 fully saturated rings. The first-order valence-electron chi connectivity index (χ1n) is 6.46. The van der Waals surface area contributed by atoms with E-state index in [1.54, 1.807) is 4.90 Å². The Morgan fingerprint density at radius 1 is 1.45 bits per heavy atom. The molecule has 7 heteroatoms. The Morgan fingerprint density at radius 3 is 2.65 bits per heavy atom. The standard InChI is InChI=1S/C13H17N3O4/c1-9-6-7-15(8-12(9)17)13(18)14-10-2-4-11(5-3-10)16(19)20/h2-5,9,12,17H,6-8H2,1H3,(H,14,18). The lowest BCUT2D eigenvalue weighted by molar-refractivity contribution is -0.384. The number of nitrogens with zero attached hydrogens (tertiary/aromatic N) is 2. The maximum absolute atomic E-state index is 12.0. The Labute approximate surface area is 116 Å². The van der Waals surface area contributed by atoms with Gasteiger partial charge in [-0.2, -0.15) is 0 Å². The molecule has 2 atom stereocenters. The zero-order chi connectivity index (χ0) is 14.7. The zero-order valence-corrected chi connectivity index (χ0v) is 11.2. The number of nitro groups is 1. The molecule has 20 heavy (non-hydrogen) atoms. The number of anilines is 1. The van der Waals surface area contributed by atoms with Gasteiger partial charge in [-0.15, -0.1) is 0 Å². The summed E-state index contributed by atoms with van der Waals surface area (Å²) in [5, 5.41) is 23.0. The van der Waals surface area contributed by atoms with Crippen molar-refractivity contribution in [1.29, 1.82) is 0 Å². The fourth-order valence-corrected chi connectivity index (χ4v) is 2.10. The first-order valence-corrected chi connectivity index (χ1v) is 6.46. The highest BCUT2D eigenvalue weighted by molar-refractivity contribution is 5.89. The Balaban J connectivity index is 1.96. The molecule has 108 valence electrons. The van der Waals surface area contributed by atoms with Crippen LogP contribution in [0.2, 0.25) is 0 Å². The smallest absolute Gasteiger partial charge is 0.321 e. The van der Waals surface area contributed by atoms with E-state index in [9.17, 15) is 20.0 Å². The minimum Gasteiger partial charge on any atom is -0.391 e. The molecule has 0 aromatic heterocycles. The molecule has 1 aliphatic rings. The molecule has 2 N–H and O–H groups in total. The lowest BCUT2D eigenvalue weighted by atomic mass is 9.96. The van der Waals surface area contributed by atoms with Crippen LogP contribution < -0.4 is 5.32 Å². The number of hydrogen-bond acceptors (Lipinski definition) is 4. The van der Waals surface area contributed by atoms with Crippen LogP contribution in [0.15, 0.2) is 24.3 Å². The number of hydrogen-bond donors (Lipinski definition) is 2. The van der Waals surface area contributed by atoms with Crippen molar-refractivity contribution in [2.75, 3.05) is 18.4 Å². The van der Waals surface area contributed by atoms with E-state index in [-0.39, 0.29) is 17.6 Å². The third-order valence-electron chi connectivity index (χ3n) is 3.54. The van der Waals surface area contributed by atoms with E-state index in [0.717, 1.165) is 6.42 Å². The summed E-state index contributed by atoms with van der Waals surface area (Å²) in [6.07, 6.45) is 0.251. The van der Waals surface area contributed by atoms with Gasteiger partial charge in [0.25, 0.3) is 5.69 Å². The number of nitrogens with one attached hydrogen (secondary N) is 1. The van der Waals surface area contributed by atoms with Gasteiger partial charge in [0.15, 0.2) is 0 Å². The number of nitro benzene ring substituents is 1. The average Bonchev–Trinajstić information content (AvgIpc) is 2.42. The van der Waals surface area contributed by atoms with Crippen molar-refractivity contribution in [3.63, 3.8) is 0 Å². The van der Waals surface area contributed by atoms with Crippen molar-refractivity contribution in [3.05, 3.63) is 34.4 Å². The monoisotopic (exact) mass is 279 g/mol. The molecule has 1 aliphatic heterocycles. The van der Waals surface area contributed by atoms with Gasteiger partial charge in [-0.05, 0) is 24.5 Å². The second-order valence-corrected chi connectivity index (χ2v) is 5.01. The Bertz CT molecular complexity index is 503. The predicted molar refractivity (Wildman–Crippen MR) is 73.5 cm³/mol. The summed E-state index contributed by atoms with van der Waals surface area (Å²) >= 11 is 0. The number of aliphatic hydroxyl groups is 1. The lowest BCUT2D eigenvalue weighted by Crippen LogP contribution is -2.47. The molecular formula is C13H17N3O4. The fraction of sp³-hybridized carbons (Fsp3) is 0.462. The van der Waals surface area contributed by atoms with Gasteiger partial charge in [0.2, 0.25) is 0 Å². The van der Waals surface area contributed by atoms with Crippen molar-refractivity contribution in [1.82, 2.24) is 4.90 Å². The van der Waals surface area contributed by atoms with Gasteiger partial charge in [-0.1, -0.05) is 6.92 Å². The second kappa shape index (κ2) is 5.87. The van der Waals surface area contributed by atoms with Crippen LogP contribution in [0.4, 0.5) is 16.2 Å². The Kier molecular flexibility index (Phi) is 4.19. The van der Waals surface area contributed by atoms with Crippen LogP contribution in [0.25, 0.3) is 0 Å². The van der Waals surface area contributed by atoms with E-state index in [0.29, 0.717) is 18.8 Å². The molecule has 1 heterocycles. The number of urea groups is 1. The van der Waals surface area contributed by atoms with E-state index in [1.807, 2.05) is 6.92 Å². The number of carbonyl (C=O) groups is 1. The van der Waals surface area contributed by atoms with E-state index >= 15 is 0 Å². The van der Waals surface area contributed by atoms with Gasteiger partial charge >= 0.3 is 6.03 Å². The zero-order valence-electron chi connectivity index (χ0n) is 11.2. The molecule has 0 bridgehead atoms. The summed E-state index contributed by atoms with van der Waals surface area (Å²) < 4.78 is 0. The second-order valence-electron chi connectivity index (χ2n) is 5.01. The first kappa shape index (κ1) is 14.3. The number of piperidine rings is 1. The summed E-state index contributed by atoms with van der Waals surface area (Å²) in [6, 6.07) is 5.34. The number of benzene rings is 1. The summed E-state index contributed by atoms with van der Waals surface area (Å²) in [5.41, 5.74) is 0.471. The minimum atomic E-state index is -0.508. The van der Waals surface area contributed by atoms with E-state index in [2.05, 4.69) is 5.32 Å². The maximum atomic E-state index is 12.0. The highest BCUT2D eigenvalue weighted by Crippen LogP contribution is 2.19. The van der Waals surface area contributed by atoms with Gasteiger partial charge in [0, 0.05) is 30.9 Å². The molecular weight excluding hydrogens is 262 g/mol. The largest absolute Gasteiger partial charge is 0.391 e. The summed E-state index contributed by atoms with van der Waals surface area (Å²) in [6.45, 7) is 2.85. The molecule has 7 nitrogen and oxygen atoms in total. The molecule has 1 saturated heterocycles. The van der Waals surface area contributed by atoms with Crippen molar-refractivity contribution in [2.45, 2.75) is 19.4 Å². The molecule has 2 rings (SSSR count). The molecule has 1 aromatic carbocycles. The lowest BCUT2D eigenvalue weighted by Gasteiger charge is -2.34. The third-order valence-corrected chi connectivity index (χ3v) is 3.54. The molecule has 2 amide bonds. The predicted octanol–water partition coefficient (Wildman–Crippen LogP) is 1.83. The number of likely N-dealkylation sites (tertiary alicyclic amines) is 1. The Hall–Kier alpha value is -2.15. The maximum Gasteiger partial charge on any atom is 0.321 e. The van der Waals surface area contributed by atoms with Crippen LogP contribution in [0.1, 0.15) is 13.3 Å². The molecule has 0 aliphatic carbocycles. The molecule has 2 unspecified atom stereocenters. The van der Waals surface area contributed by atoms with E-state index in [4.69, 9.17) is 0 Å². The van der Waals surface area contributed by atoms with Crippen molar-refractivity contribution in [3.8, 4) is 0 Å². The van der Waals surface area contributed by atoms with Crippen LogP contribution in [-0.2, 0) is 0 Å². The summed E-state index contributed by atoms with van der Waals surface area (Å²) in [5.74, 6) is 0.193. The van der Waals surface area contributed by atoms with Crippen LogP contribution in [0.5, 0.6) is 0 Å². The van der Waals surface area contributed by atoms with E-state index in [1.165, 1.54) is 24.3 Å². The van der Waals surface area contributed by atoms with Crippen LogP contribution in [0.3, 0.4) is 0 Å². The third kappa shape index (κ3) is 3.24. The van der Waals surface area contributed by atoms with E-state index < -0.39 is 11.0 Å². The van der Waals surface area contributed by atoms with Gasteiger partial charge in [-0.3, -0.25) is 10.1 Å². The molecule has 0 spiro atoms. The van der Waals surface area contributed by atoms with Crippen molar-refractivity contribution >= 4 is 17.4 Å². The highest BCUT2D eigenvalue weighted by Gasteiger charge is 2.27. The van der Waals surface area contributed by atoms with Crippen LogP contribution in [-0.4, -0.2) is 40.2 Å². The van der Waals surface area contributed by atoms with Crippen molar-refractivity contribution in [2.24, 2.45) is 5.92 Å². The minimum absolute atomic E-state index is 0.0229. The van der Waals surface area contributed by atoms with Crippen LogP contribution in [0, 0.1) is 16.0 Å². The Morgan fingerprint density at radius 2 is 2.10 bits per heavy atom. The topological polar surface area (TPSA) is 95.7 Å². The van der Waals surface area contributed by atoms with Crippen LogP contribution >= 0.6 is 0 Å². The number of β-amino-alcohol motifs (C(OH)–C–C–N with tert-alkyl or cyclic N) is 1. The molecule has 0 radical (unpaired) electrons. The van der Waals surface area contributed by atoms with Gasteiger partial charge in [0.1, 0.15) is 0 Å². The molecule has 1 aromatic rings. The summed E-state index contributed by atoms with van der Waals surface area (Å²) in [7, 11) is 0. The van der Waals surface area contributed by atoms with Gasteiger partial charge < -0.3 is 15.3 Å². The van der Waals surface area contributed by atoms with Crippen molar-refractivity contribution < 1.29 is 14.8 Å². The number of amides is 2. The number of non-ortho nitro benzene ring substituents is 1. The molecule has 0 saturated carbocycles. The average molecular weight is 279 g/mol. The number of aliphatic hydroxyl groups excluding tert-OH is 1. The van der Waals surface area contributed by atoms with Gasteiger partial charge in [-0.25, -0.2) is 4.79 Å². The van der Waals surface area contributed by atoms with Gasteiger partial charge in [0.05, 0.1) is 11.0 Å². The number of carbonyl (C=O) groups excluding carboxylic acids is 1. The normalized spacial score (nSPS) is 22.4.